The summed E-state index contributed by atoms with van der Waals surface area (Å²) in [7, 11) is 0. The molecule has 2 heterocycles. The van der Waals surface area contributed by atoms with E-state index in [-0.39, 0.29) is 24.5 Å². The summed E-state index contributed by atoms with van der Waals surface area (Å²) in [5.74, 6) is 0. The van der Waals surface area contributed by atoms with Crippen LogP contribution in [0.4, 0.5) is 11.4 Å². The third-order valence-electron chi connectivity index (χ3n) is 3.93. The van der Waals surface area contributed by atoms with E-state index in [1.165, 1.54) is 0 Å². The van der Waals surface area contributed by atoms with Gasteiger partial charge in [0, 0.05) is 24.3 Å². The minimum absolute atomic E-state index is 0.252. The van der Waals surface area contributed by atoms with E-state index in [0.717, 1.165) is 6.07 Å². The van der Waals surface area contributed by atoms with Crippen molar-refractivity contribution in [2.24, 2.45) is 0 Å². The topological polar surface area (TPSA) is 94.0 Å². The van der Waals surface area contributed by atoms with Crippen molar-refractivity contribution in [3.8, 4) is 0 Å². The van der Waals surface area contributed by atoms with E-state index in [1.54, 1.807) is 40.0 Å². The van der Waals surface area contributed by atoms with Gasteiger partial charge in [-0.05, 0) is 6.07 Å². The lowest BCUT2D eigenvalue weighted by Gasteiger charge is -2.05. The quantitative estimate of drug-likeness (QED) is 0.386. The number of nitro groups is 2. The van der Waals surface area contributed by atoms with Crippen LogP contribution in [0.5, 0.6) is 0 Å². The maximum Gasteiger partial charge on any atom is 0.285 e. The lowest BCUT2D eigenvalue weighted by atomic mass is 10.1. The van der Waals surface area contributed by atoms with Gasteiger partial charge < -0.3 is 0 Å². The van der Waals surface area contributed by atoms with Crippen LogP contribution in [0.1, 0.15) is 11.1 Å². The first-order chi connectivity index (χ1) is 12.5. The lowest BCUT2D eigenvalue weighted by molar-refractivity contribution is -0.689. The van der Waals surface area contributed by atoms with Gasteiger partial charge in [0.15, 0.2) is 37.9 Å². The molecule has 0 aliphatic carbocycles. The molecule has 0 atom stereocenters. The Morgan fingerprint density at radius 1 is 0.654 bits per heavy atom. The summed E-state index contributed by atoms with van der Waals surface area (Å²) in [5, 5.41) is 22.8. The maximum atomic E-state index is 11.4. The Bertz CT molecular complexity index is 871. The van der Waals surface area contributed by atoms with Gasteiger partial charge in [-0.25, -0.2) is 9.13 Å². The molecule has 8 nitrogen and oxygen atoms in total. The molecular formula is C18H16N4O4+2. The summed E-state index contributed by atoms with van der Waals surface area (Å²) < 4.78 is 3.57. The van der Waals surface area contributed by atoms with Crippen molar-refractivity contribution in [1.82, 2.24) is 0 Å². The molecule has 2 aromatic heterocycles. The minimum atomic E-state index is -0.578. The van der Waals surface area contributed by atoms with Gasteiger partial charge in [0.2, 0.25) is 0 Å². The second kappa shape index (κ2) is 7.47. The monoisotopic (exact) mass is 352 g/mol. The number of benzene rings is 1. The highest BCUT2D eigenvalue weighted by Crippen LogP contribution is 2.29. The smallest absolute Gasteiger partial charge is 0.258 e. The van der Waals surface area contributed by atoms with E-state index in [1.807, 2.05) is 36.4 Å². The molecule has 3 aromatic rings. The average Bonchev–Trinajstić information content (AvgIpc) is 2.63. The number of aromatic nitrogens is 2. The highest BCUT2D eigenvalue weighted by atomic mass is 16.6. The number of rotatable bonds is 6. The molecule has 0 unspecified atom stereocenters. The van der Waals surface area contributed by atoms with Gasteiger partial charge in [0.25, 0.3) is 11.4 Å². The second-order valence-electron chi connectivity index (χ2n) is 5.72. The minimum Gasteiger partial charge on any atom is -0.258 e. The number of hydrogen-bond acceptors (Lipinski definition) is 4. The van der Waals surface area contributed by atoms with Gasteiger partial charge in [0.05, 0.1) is 27.0 Å². The molecule has 0 saturated heterocycles. The van der Waals surface area contributed by atoms with Gasteiger partial charge in [-0.3, -0.25) is 20.2 Å². The largest absolute Gasteiger partial charge is 0.285 e. The van der Waals surface area contributed by atoms with E-state index in [2.05, 4.69) is 0 Å². The fourth-order valence-electron chi connectivity index (χ4n) is 2.74. The summed E-state index contributed by atoms with van der Waals surface area (Å²) in [6.45, 7) is 0.503. The van der Waals surface area contributed by atoms with Crippen molar-refractivity contribution in [2.75, 3.05) is 0 Å². The summed E-state index contributed by atoms with van der Waals surface area (Å²) in [6, 6.07) is 13.6. The van der Waals surface area contributed by atoms with Crippen LogP contribution in [0.2, 0.25) is 0 Å². The zero-order chi connectivity index (χ0) is 18.5. The van der Waals surface area contributed by atoms with Gasteiger partial charge in [-0.15, -0.1) is 0 Å². The molecule has 0 radical (unpaired) electrons. The van der Waals surface area contributed by atoms with Crippen LogP contribution in [0.3, 0.4) is 0 Å². The predicted octanol–water partition coefficient (Wildman–Crippen LogP) is 2.17. The zero-order valence-electron chi connectivity index (χ0n) is 13.8. The predicted molar refractivity (Wildman–Crippen MR) is 91.2 cm³/mol. The summed E-state index contributed by atoms with van der Waals surface area (Å²) in [6.07, 6.45) is 7.15. The lowest BCUT2D eigenvalue weighted by Crippen LogP contribution is -2.34. The SMILES string of the molecule is O=[N+]([O-])c1cc([N+](=O)[O-])c(C[n+]2ccccc2)cc1C[n+]1ccccc1. The van der Waals surface area contributed by atoms with E-state index in [4.69, 9.17) is 0 Å². The molecule has 8 heteroatoms. The van der Waals surface area contributed by atoms with Crippen molar-refractivity contribution in [1.29, 1.82) is 0 Å². The Morgan fingerprint density at radius 3 is 1.38 bits per heavy atom. The first kappa shape index (κ1) is 17.2. The number of hydrogen-bond donors (Lipinski definition) is 0. The van der Waals surface area contributed by atoms with Crippen LogP contribution in [0.25, 0.3) is 0 Å². The number of pyridine rings is 2. The fourth-order valence-corrected chi connectivity index (χ4v) is 2.74. The van der Waals surface area contributed by atoms with Crippen LogP contribution in [0, 0.1) is 20.2 Å². The third-order valence-corrected chi connectivity index (χ3v) is 3.93. The molecule has 130 valence electrons. The zero-order valence-corrected chi connectivity index (χ0v) is 13.8. The molecule has 0 amide bonds. The van der Waals surface area contributed by atoms with Crippen LogP contribution in [-0.2, 0) is 13.1 Å². The number of nitrogens with zero attached hydrogens (tertiary/aromatic N) is 4. The van der Waals surface area contributed by atoms with Crippen molar-refractivity contribution >= 4 is 11.4 Å². The third kappa shape index (κ3) is 3.86. The Labute approximate surface area is 148 Å². The second-order valence-corrected chi connectivity index (χ2v) is 5.72. The van der Waals surface area contributed by atoms with Crippen molar-refractivity contribution in [3.63, 3.8) is 0 Å². The van der Waals surface area contributed by atoms with E-state index in [9.17, 15) is 20.2 Å². The molecule has 0 spiro atoms. The summed E-state index contributed by atoms with van der Waals surface area (Å²) in [4.78, 5) is 21.7. The molecule has 0 bridgehead atoms. The van der Waals surface area contributed by atoms with E-state index < -0.39 is 9.85 Å². The standard InChI is InChI=1S/C18H16N4O4/c23-21(24)17-12-18(22(25)26)16(14-20-9-5-2-6-10-20)11-15(17)13-19-7-3-1-4-8-19/h1-12H,13-14H2/q+2. The molecule has 0 fully saturated rings. The molecule has 0 saturated carbocycles. The van der Waals surface area contributed by atoms with Gasteiger partial charge in [0.1, 0.15) is 0 Å². The van der Waals surface area contributed by atoms with E-state index in [0.29, 0.717) is 11.1 Å². The molecule has 0 aliphatic rings. The van der Waals surface area contributed by atoms with Gasteiger partial charge in [-0.1, -0.05) is 12.1 Å². The highest BCUT2D eigenvalue weighted by molar-refractivity contribution is 5.54. The summed E-state index contributed by atoms with van der Waals surface area (Å²) in [5.41, 5.74) is 0.330. The molecule has 26 heavy (non-hydrogen) atoms. The first-order valence-corrected chi connectivity index (χ1v) is 7.87. The van der Waals surface area contributed by atoms with Crippen LogP contribution >= 0.6 is 0 Å². The fraction of sp³-hybridized carbons (Fsp3) is 0.111. The summed E-state index contributed by atoms with van der Waals surface area (Å²) >= 11 is 0. The highest BCUT2D eigenvalue weighted by Gasteiger charge is 2.27. The average molecular weight is 352 g/mol. The van der Waals surface area contributed by atoms with Gasteiger partial charge >= 0.3 is 0 Å². The molecule has 0 aliphatic heterocycles. The molecular weight excluding hydrogens is 336 g/mol. The normalized spacial score (nSPS) is 10.5. The van der Waals surface area contributed by atoms with Crippen LogP contribution < -0.4 is 9.13 Å². The van der Waals surface area contributed by atoms with Crippen molar-refractivity contribution < 1.29 is 19.0 Å². The Hall–Kier alpha value is -3.68. The first-order valence-electron chi connectivity index (χ1n) is 7.87. The Kier molecular flexibility index (Phi) is 4.93. The molecule has 3 rings (SSSR count). The molecule has 0 N–H and O–H groups in total. The van der Waals surface area contributed by atoms with Crippen LogP contribution in [-0.4, -0.2) is 9.85 Å². The molecule has 1 aromatic carbocycles. The van der Waals surface area contributed by atoms with E-state index >= 15 is 0 Å². The maximum absolute atomic E-state index is 11.4. The number of nitro benzene ring substituents is 2. The Morgan fingerprint density at radius 2 is 1.04 bits per heavy atom. The Balaban J connectivity index is 2.08. The van der Waals surface area contributed by atoms with Crippen molar-refractivity contribution in [3.05, 3.63) is 105 Å². The van der Waals surface area contributed by atoms with Gasteiger partial charge in [-0.2, -0.15) is 0 Å². The van der Waals surface area contributed by atoms with Crippen LogP contribution in [0.15, 0.2) is 73.3 Å². The van der Waals surface area contributed by atoms with Crippen molar-refractivity contribution in [2.45, 2.75) is 13.1 Å².